The van der Waals surface area contributed by atoms with Crippen LogP contribution in [-0.4, -0.2) is 11.0 Å². The van der Waals surface area contributed by atoms with E-state index in [1.165, 1.54) is 0 Å². The zero-order valence-electron chi connectivity index (χ0n) is 13.5. The summed E-state index contributed by atoms with van der Waals surface area (Å²) in [4.78, 5) is 17.5. The minimum Gasteiger partial charge on any atom is -0.436 e. The number of carbonyl (C=O) groups is 1. The van der Waals surface area contributed by atoms with Crippen molar-refractivity contribution in [3.05, 3.63) is 90.8 Å². The van der Waals surface area contributed by atoms with E-state index < -0.39 is 5.97 Å². The van der Waals surface area contributed by atoms with Crippen LogP contribution >= 0.6 is 0 Å². The Morgan fingerprint density at radius 2 is 1.44 bits per heavy atom. The van der Waals surface area contributed by atoms with Crippen molar-refractivity contribution in [1.82, 2.24) is 4.98 Å². The van der Waals surface area contributed by atoms with Gasteiger partial charge in [-0.25, -0.2) is 9.78 Å². The van der Waals surface area contributed by atoms with Crippen LogP contribution in [-0.2, 0) is 32.7 Å². The molecular weight excluding hydrogens is 387 g/mol. The van der Waals surface area contributed by atoms with Crippen molar-refractivity contribution in [2.24, 2.45) is 0 Å². The van der Waals surface area contributed by atoms with E-state index in [-0.39, 0.29) is 32.7 Å². The topological polar surface area (TPSA) is 39.2 Å². The van der Waals surface area contributed by atoms with Gasteiger partial charge in [0.15, 0.2) is 0 Å². The number of hydrogen-bond acceptors (Lipinski definition) is 3. The summed E-state index contributed by atoms with van der Waals surface area (Å²) in [5.41, 5.74) is 2.87. The molecule has 0 aliphatic rings. The summed E-state index contributed by atoms with van der Waals surface area (Å²) >= 11 is 0. The molecule has 25 heavy (non-hydrogen) atoms. The van der Waals surface area contributed by atoms with E-state index in [0.29, 0.717) is 11.3 Å². The number of aromatic nitrogens is 1. The van der Waals surface area contributed by atoms with Gasteiger partial charge in [0.25, 0.3) is 0 Å². The quantitative estimate of drug-likeness (QED) is 0.210. The standard InChI is InChI=1S/C21H14NO2.Y/c1-14-7-6-8-15(13-14)24-21(23)20-16-9-2-4-11-18(16)22-19-12-5-3-10-17(19)20;/h2-13H,1H2;/q-1;. The van der Waals surface area contributed by atoms with Gasteiger partial charge in [0.1, 0.15) is 0 Å². The van der Waals surface area contributed by atoms with Crippen LogP contribution in [0.15, 0.2) is 72.8 Å². The van der Waals surface area contributed by atoms with Gasteiger partial charge in [-0.2, -0.15) is 18.6 Å². The molecule has 0 saturated carbocycles. The van der Waals surface area contributed by atoms with Crippen molar-refractivity contribution >= 4 is 27.8 Å². The molecule has 0 spiro atoms. The Morgan fingerprint density at radius 1 is 0.840 bits per heavy atom. The molecule has 0 atom stereocenters. The van der Waals surface area contributed by atoms with E-state index in [1.807, 2.05) is 60.7 Å². The zero-order chi connectivity index (χ0) is 16.5. The summed E-state index contributed by atoms with van der Waals surface area (Å²) in [5.74, 6) is 0.0906. The van der Waals surface area contributed by atoms with E-state index in [0.717, 1.165) is 27.4 Å². The minimum absolute atomic E-state index is 0. The molecule has 119 valence electrons. The molecule has 1 heterocycles. The van der Waals surface area contributed by atoms with Crippen LogP contribution in [0, 0.1) is 6.92 Å². The minimum atomic E-state index is -0.393. The summed E-state index contributed by atoms with van der Waals surface area (Å²) in [6.45, 7) is 3.86. The number of fused-ring (bicyclic) bond motifs is 2. The molecule has 0 aliphatic carbocycles. The number of rotatable bonds is 2. The molecule has 0 fully saturated rings. The Balaban J connectivity index is 0.00000182. The van der Waals surface area contributed by atoms with Crippen molar-refractivity contribution in [3.63, 3.8) is 0 Å². The maximum absolute atomic E-state index is 12.9. The predicted molar refractivity (Wildman–Crippen MR) is 95.1 cm³/mol. The Kier molecular flexibility index (Phi) is 5.17. The van der Waals surface area contributed by atoms with Crippen LogP contribution < -0.4 is 4.74 Å². The number of esters is 1. The molecule has 4 rings (SSSR count). The van der Waals surface area contributed by atoms with Gasteiger partial charge in [0, 0.05) is 43.5 Å². The molecule has 0 N–H and O–H groups in total. The van der Waals surface area contributed by atoms with E-state index >= 15 is 0 Å². The first-order valence-corrected chi connectivity index (χ1v) is 7.64. The molecule has 0 bridgehead atoms. The summed E-state index contributed by atoms with van der Waals surface area (Å²) in [7, 11) is 0. The molecule has 1 radical (unpaired) electrons. The van der Waals surface area contributed by atoms with Crippen molar-refractivity contribution in [3.8, 4) is 5.75 Å². The Labute approximate surface area is 170 Å². The van der Waals surface area contributed by atoms with Crippen molar-refractivity contribution < 1.29 is 42.2 Å². The number of ether oxygens (including phenoxy) is 1. The fourth-order valence-electron chi connectivity index (χ4n) is 2.83. The van der Waals surface area contributed by atoms with Gasteiger partial charge < -0.3 is 4.74 Å². The average Bonchev–Trinajstić information content (AvgIpc) is 2.59. The summed E-state index contributed by atoms with van der Waals surface area (Å²) in [5, 5.41) is 1.57. The maximum atomic E-state index is 12.9. The number of pyridine rings is 1. The fourth-order valence-corrected chi connectivity index (χ4v) is 2.83. The van der Waals surface area contributed by atoms with Crippen molar-refractivity contribution in [2.45, 2.75) is 0 Å². The third-order valence-corrected chi connectivity index (χ3v) is 3.90. The van der Waals surface area contributed by atoms with Crippen LogP contribution in [0.25, 0.3) is 21.8 Å². The number of nitrogens with zero attached hydrogens (tertiary/aromatic N) is 1. The van der Waals surface area contributed by atoms with Gasteiger partial charge in [0.05, 0.1) is 22.3 Å². The number of hydrogen-bond donors (Lipinski definition) is 0. The molecule has 0 amide bonds. The van der Waals surface area contributed by atoms with Crippen LogP contribution in [0.5, 0.6) is 5.75 Å². The zero-order valence-corrected chi connectivity index (χ0v) is 16.3. The summed E-state index contributed by atoms with van der Waals surface area (Å²) < 4.78 is 5.59. The van der Waals surface area contributed by atoms with Crippen LogP contribution in [0.1, 0.15) is 15.9 Å². The molecule has 1 aromatic heterocycles. The predicted octanol–water partition coefficient (Wildman–Crippen LogP) is 4.79. The van der Waals surface area contributed by atoms with Gasteiger partial charge in [-0.1, -0.05) is 36.4 Å². The van der Waals surface area contributed by atoms with Crippen LogP contribution in [0.2, 0.25) is 0 Å². The fraction of sp³-hybridized carbons (Fsp3) is 0. The number of benzene rings is 3. The first-order chi connectivity index (χ1) is 11.7. The van der Waals surface area contributed by atoms with Gasteiger partial charge in [-0.3, -0.25) is 0 Å². The second kappa shape index (κ2) is 7.34. The van der Waals surface area contributed by atoms with E-state index in [2.05, 4.69) is 11.9 Å². The van der Waals surface area contributed by atoms with Gasteiger partial charge in [0.2, 0.25) is 0 Å². The summed E-state index contributed by atoms with van der Waals surface area (Å²) in [6, 6.07) is 22.3. The Bertz CT molecular complexity index is 1020. The van der Waals surface area contributed by atoms with E-state index in [4.69, 9.17) is 4.74 Å². The smallest absolute Gasteiger partial charge is 0.343 e. The second-order valence-corrected chi connectivity index (χ2v) is 5.56. The molecular formula is C21H14NO2Y-. The SMILES string of the molecule is [CH2-]c1cccc(OC(=O)c2c3ccccc3nc3ccccc23)c1.[Y]. The van der Waals surface area contributed by atoms with Crippen molar-refractivity contribution in [2.75, 3.05) is 0 Å². The molecule has 3 nitrogen and oxygen atoms in total. The van der Waals surface area contributed by atoms with E-state index in [1.54, 1.807) is 12.1 Å². The van der Waals surface area contributed by atoms with Crippen LogP contribution in [0.3, 0.4) is 0 Å². The molecule has 4 aromatic rings. The average molecular weight is 401 g/mol. The first-order valence-electron chi connectivity index (χ1n) is 7.64. The second-order valence-electron chi connectivity index (χ2n) is 5.56. The molecule has 3 aromatic carbocycles. The third kappa shape index (κ3) is 3.44. The normalized spacial score (nSPS) is 10.4. The van der Waals surface area contributed by atoms with E-state index in [9.17, 15) is 4.79 Å². The molecule has 0 unspecified atom stereocenters. The monoisotopic (exact) mass is 401 g/mol. The first kappa shape index (κ1) is 17.6. The van der Waals surface area contributed by atoms with Crippen molar-refractivity contribution in [1.29, 1.82) is 0 Å². The summed E-state index contributed by atoms with van der Waals surface area (Å²) in [6.07, 6.45) is 0. The van der Waals surface area contributed by atoms with Gasteiger partial charge in [-0.15, -0.1) is 12.1 Å². The Morgan fingerprint density at radius 3 is 2.04 bits per heavy atom. The maximum Gasteiger partial charge on any atom is 0.343 e. The van der Waals surface area contributed by atoms with Gasteiger partial charge in [-0.05, 0) is 18.2 Å². The Hall–Kier alpha value is -2.23. The van der Waals surface area contributed by atoms with Crippen LogP contribution in [0.4, 0.5) is 0 Å². The third-order valence-electron chi connectivity index (χ3n) is 3.90. The number of carbonyl (C=O) groups excluding carboxylic acids is 1. The van der Waals surface area contributed by atoms with Gasteiger partial charge >= 0.3 is 5.97 Å². The molecule has 0 aliphatic heterocycles. The number of para-hydroxylation sites is 2. The molecule has 0 saturated heterocycles. The largest absolute Gasteiger partial charge is 0.436 e. The molecule has 4 heteroatoms.